The van der Waals surface area contributed by atoms with E-state index in [1.807, 2.05) is 6.92 Å². The molecule has 0 amide bonds. The third-order valence-electron chi connectivity index (χ3n) is 7.51. The van der Waals surface area contributed by atoms with Gasteiger partial charge in [0.05, 0.1) is 6.10 Å². The summed E-state index contributed by atoms with van der Waals surface area (Å²) < 4.78 is 18.8. The summed E-state index contributed by atoms with van der Waals surface area (Å²) in [7, 11) is -1.96. The van der Waals surface area contributed by atoms with Gasteiger partial charge in [0.1, 0.15) is 11.7 Å². The zero-order valence-electron chi connectivity index (χ0n) is 21.1. The van der Waals surface area contributed by atoms with Gasteiger partial charge in [-0.1, -0.05) is 60.1 Å². The maximum Gasteiger partial charge on any atom is 0.303 e. The highest BCUT2D eigenvalue weighted by Crippen LogP contribution is 2.43. The van der Waals surface area contributed by atoms with E-state index in [0.717, 1.165) is 0 Å². The van der Waals surface area contributed by atoms with Crippen molar-refractivity contribution in [1.82, 2.24) is 0 Å². The van der Waals surface area contributed by atoms with Crippen molar-refractivity contribution in [2.24, 2.45) is 5.92 Å². The highest BCUT2D eigenvalue weighted by molar-refractivity contribution is 6.77. The van der Waals surface area contributed by atoms with E-state index in [-0.39, 0.29) is 23.8 Å². The molecule has 0 N–H and O–H groups in total. The van der Waals surface area contributed by atoms with Crippen molar-refractivity contribution in [1.29, 1.82) is 0 Å². The van der Waals surface area contributed by atoms with Gasteiger partial charge in [-0.15, -0.1) is 0 Å². The van der Waals surface area contributed by atoms with Crippen molar-refractivity contribution < 1.29 is 23.5 Å². The average molecular weight is 453 g/mol. The van der Waals surface area contributed by atoms with Crippen LogP contribution in [0.4, 0.5) is 0 Å². The number of Topliss-reactive ketones (excluding diaryl/α,β-unsaturated/α-hetero) is 1. The van der Waals surface area contributed by atoms with E-state index in [0.29, 0.717) is 48.9 Å². The lowest BCUT2D eigenvalue weighted by atomic mass is 9.81. The van der Waals surface area contributed by atoms with Gasteiger partial charge in [0, 0.05) is 32.8 Å². The number of hydrogen-bond donors (Lipinski definition) is 0. The minimum atomic E-state index is -1.96. The van der Waals surface area contributed by atoms with Crippen LogP contribution in [0.3, 0.4) is 0 Å². The fraction of sp³-hybridized carbons (Fsp3) is 0.840. The van der Waals surface area contributed by atoms with Crippen LogP contribution in [0.15, 0.2) is 11.6 Å². The Morgan fingerprint density at radius 2 is 1.74 bits per heavy atom. The summed E-state index contributed by atoms with van der Waals surface area (Å²) in [5.41, 5.74) is 2.02. The molecule has 0 unspecified atom stereocenters. The first-order valence-electron chi connectivity index (χ1n) is 12.0. The van der Waals surface area contributed by atoms with Gasteiger partial charge >= 0.3 is 5.97 Å². The number of carbonyl (C=O) groups excluding carboxylic acids is 2. The Kier molecular flexibility index (Phi) is 8.73. The van der Waals surface area contributed by atoms with Crippen LogP contribution in [0.25, 0.3) is 0 Å². The Labute approximate surface area is 190 Å². The molecule has 0 aromatic heterocycles. The molecular formula is C25H44O5Si. The van der Waals surface area contributed by atoms with E-state index in [2.05, 4.69) is 54.5 Å². The number of carbonyl (C=O) groups is 2. The van der Waals surface area contributed by atoms with E-state index in [9.17, 15) is 9.59 Å². The maximum absolute atomic E-state index is 12.6. The number of rotatable bonds is 8. The van der Waals surface area contributed by atoms with Crippen molar-refractivity contribution in [3.05, 3.63) is 11.6 Å². The predicted molar refractivity (Wildman–Crippen MR) is 127 cm³/mol. The van der Waals surface area contributed by atoms with Crippen LogP contribution in [-0.4, -0.2) is 44.5 Å². The molecule has 0 radical (unpaired) electrons. The summed E-state index contributed by atoms with van der Waals surface area (Å²) in [6.07, 6.45) is 3.77. The molecule has 1 fully saturated rings. The van der Waals surface area contributed by atoms with Crippen LogP contribution in [-0.2, 0) is 23.5 Å². The third-order valence-corrected chi connectivity index (χ3v) is 13.6. The Balaban J connectivity index is 2.26. The molecule has 0 aliphatic carbocycles. The molecule has 2 aliphatic rings. The minimum absolute atomic E-state index is 0.151. The molecule has 178 valence electrons. The lowest BCUT2D eigenvalue weighted by molar-refractivity contribution is -0.189. The highest BCUT2D eigenvalue weighted by atomic mass is 28.4. The fourth-order valence-corrected chi connectivity index (χ4v) is 11.4. The lowest BCUT2D eigenvalue weighted by Crippen LogP contribution is -2.51. The Morgan fingerprint density at radius 1 is 1.16 bits per heavy atom. The molecule has 2 aliphatic heterocycles. The van der Waals surface area contributed by atoms with E-state index in [1.54, 1.807) is 0 Å². The van der Waals surface area contributed by atoms with Gasteiger partial charge in [0.25, 0.3) is 0 Å². The van der Waals surface area contributed by atoms with Crippen molar-refractivity contribution in [3.8, 4) is 0 Å². The Hall–Kier alpha value is -0.983. The molecule has 5 nitrogen and oxygen atoms in total. The van der Waals surface area contributed by atoms with Crippen LogP contribution in [0.2, 0.25) is 16.6 Å². The first-order chi connectivity index (χ1) is 14.3. The van der Waals surface area contributed by atoms with E-state index >= 15 is 0 Å². The van der Waals surface area contributed by atoms with E-state index < -0.39 is 20.0 Å². The van der Waals surface area contributed by atoms with Gasteiger partial charge < -0.3 is 13.9 Å². The zero-order chi connectivity index (χ0) is 23.6. The molecule has 1 saturated heterocycles. The number of fused-ring (bicyclic) bond motifs is 2. The van der Waals surface area contributed by atoms with Gasteiger partial charge in [-0.25, -0.2) is 0 Å². The van der Waals surface area contributed by atoms with Crippen LogP contribution in [0.1, 0.15) is 88.0 Å². The lowest BCUT2D eigenvalue weighted by Gasteiger charge is -2.44. The van der Waals surface area contributed by atoms with Crippen LogP contribution < -0.4 is 0 Å². The van der Waals surface area contributed by atoms with Gasteiger partial charge in [0.2, 0.25) is 0 Å². The Morgan fingerprint density at radius 3 is 2.26 bits per heavy atom. The molecular weight excluding hydrogens is 408 g/mol. The highest BCUT2D eigenvalue weighted by Gasteiger charge is 2.47. The van der Waals surface area contributed by atoms with Gasteiger partial charge in [-0.3, -0.25) is 9.59 Å². The predicted octanol–water partition coefficient (Wildman–Crippen LogP) is 5.97. The summed E-state index contributed by atoms with van der Waals surface area (Å²) in [5, 5.41) is 0. The fourth-order valence-electron chi connectivity index (χ4n) is 5.86. The number of esters is 1. The molecule has 4 atom stereocenters. The summed E-state index contributed by atoms with van der Waals surface area (Å²) in [5.74, 6) is 0.0187. The smallest absolute Gasteiger partial charge is 0.303 e. The molecule has 31 heavy (non-hydrogen) atoms. The second kappa shape index (κ2) is 10.3. The van der Waals surface area contributed by atoms with Gasteiger partial charge in [0.15, 0.2) is 14.1 Å². The summed E-state index contributed by atoms with van der Waals surface area (Å²) in [4.78, 5) is 24.4. The van der Waals surface area contributed by atoms with Crippen molar-refractivity contribution >= 4 is 20.1 Å². The molecule has 2 bridgehead atoms. The van der Waals surface area contributed by atoms with Crippen LogP contribution in [0, 0.1) is 5.92 Å². The third kappa shape index (κ3) is 5.69. The first kappa shape index (κ1) is 26.3. The standard InChI is InChI=1S/C25H44O5Si/c1-16(2)31(17(3)4,18(5)6)28-15-19(7)21-12-13-25(9,30-20(8)26)24-11-10-22(27)23(14-21)29-24/h12,16-19,23-24H,10-11,13-15H2,1-9H3/b21-12+/t19-,23+,24+,25-/m1/s1. The second-order valence-electron chi connectivity index (χ2n) is 10.7. The van der Waals surface area contributed by atoms with Crippen molar-refractivity contribution in [2.45, 2.75) is 122 Å². The first-order valence-corrected chi connectivity index (χ1v) is 14.2. The van der Waals surface area contributed by atoms with Gasteiger partial charge in [-0.2, -0.15) is 0 Å². The topological polar surface area (TPSA) is 61.8 Å². The van der Waals surface area contributed by atoms with Gasteiger partial charge in [-0.05, 0) is 35.9 Å². The van der Waals surface area contributed by atoms with Crippen LogP contribution >= 0.6 is 0 Å². The largest absolute Gasteiger partial charge is 0.456 e. The number of ether oxygens (including phenoxy) is 2. The quantitative estimate of drug-likeness (QED) is 0.258. The average Bonchev–Trinajstić information content (AvgIpc) is 2.64. The van der Waals surface area contributed by atoms with Crippen LogP contribution in [0.5, 0.6) is 0 Å². The maximum atomic E-state index is 12.6. The number of hydrogen-bond acceptors (Lipinski definition) is 5. The Bertz CT molecular complexity index is 662. The summed E-state index contributed by atoms with van der Waals surface area (Å²) in [6.45, 7) is 20.0. The molecule has 2 heterocycles. The molecule has 6 heteroatoms. The van der Waals surface area contributed by atoms with Crippen molar-refractivity contribution in [2.75, 3.05) is 6.61 Å². The molecule has 0 aromatic rings. The molecule has 2 rings (SSSR count). The minimum Gasteiger partial charge on any atom is -0.456 e. The second-order valence-corrected chi connectivity index (χ2v) is 16.2. The number of ketones is 1. The van der Waals surface area contributed by atoms with E-state index in [1.165, 1.54) is 12.5 Å². The monoisotopic (exact) mass is 452 g/mol. The summed E-state index contributed by atoms with van der Waals surface area (Å²) in [6, 6.07) is 0. The molecule has 0 saturated carbocycles. The summed E-state index contributed by atoms with van der Waals surface area (Å²) >= 11 is 0. The van der Waals surface area contributed by atoms with E-state index in [4.69, 9.17) is 13.9 Å². The van der Waals surface area contributed by atoms with Crippen molar-refractivity contribution in [3.63, 3.8) is 0 Å². The molecule has 0 aromatic carbocycles. The normalized spacial score (nSPS) is 30.1. The SMILES string of the molecule is CC(=O)O[C@]1(C)C/C=C(/[C@H](C)CO[Si](C(C)C)(C(C)C)C(C)C)C[C@@H]2O[C@H]1CCC2=O. The zero-order valence-corrected chi connectivity index (χ0v) is 22.1. The molecule has 0 spiro atoms.